The Hall–Kier alpha value is -2.68. The molecular formula is C14H15N5O. The number of carbonyl (C=O) groups excluding carboxylic acids is 1. The molecule has 6 heteroatoms. The summed E-state index contributed by atoms with van der Waals surface area (Å²) >= 11 is 0. The Morgan fingerprint density at radius 3 is 2.65 bits per heavy atom. The number of hydrogen-bond donors (Lipinski definition) is 2. The van der Waals surface area contributed by atoms with Crippen molar-refractivity contribution in [2.75, 3.05) is 0 Å². The van der Waals surface area contributed by atoms with Crippen molar-refractivity contribution in [1.82, 2.24) is 20.5 Å². The molecule has 0 radical (unpaired) electrons. The van der Waals surface area contributed by atoms with Crippen LogP contribution in [0.25, 0.3) is 0 Å². The Morgan fingerprint density at radius 2 is 2.10 bits per heavy atom. The molecule has 0 bridgehead atoms. The molecule has 0 saturated heterocycles. The standard InChI is InChI=1S/C14H15N5O/c1-9(2)12-17-13(19-18-12)14(20)16-8-11-5-3-10(7-15)4-6-11/h3-6,9H,8H2,1-2H3,(H,16,20)(H,17,18,19). The molecule has 0 atom stereocenters. The van der Waals surface area contributed by atoms with Gasteiger partial charge in [0.1, 0.15) is 5.82 Å². The van der Waals surface area contributed by atoms with Crippen LogP contribution in [0.5, 0.6) is 0 Å². The minimum absolute atomic E-state index is 0.141. The largest absolute Gasteiger partial charge is 0.345 e. The van der Waals surface area contributed by atoms with Crippen molar-refractivity contribution in [3.8, 4) is 6.07 Å². The molecule has 0 aliphatic heterocycles. The van der Waals surface area contributed by atoms with Gasteiger partial charge in [0.15, 0.2) is 0 Å². The summed E-state index contributed by atoms with van der Waals surface area (Å²) in [5.74, 6) is 0.705. The van der Waals surface area contributed by atoms with Crippen molar-refractivity contribution in [2.24, 2.45) is 0 Å². The highest BCUT2D eigenvalue weighted by atomic mass is 16.2. The molecule has 0 aliphatic rings. The molecule has 0 saturated carbocycles. The molecule has 1 aromatic carbocycles. The molecule has 102 valence electrons. The highest BCUT2D eigenvalue weighted by Crippen LogP contribution is 2.08. The number of aromatic nitrogens is 3. The monoisotopic (exact) mass is 269 g/mol. The molecule has 2 N–H and O–H groups in total. The van der Waals surface area contributed by atoms with Crippen molar-refractivity contribution in [3.63, 3.8) is 0 Å². The van der Waals surface area contributed by atoms with E-state index >= 15 is 0 Å². The summed E-state index contributed by atoms with van der Waals surface area (Å²) in [6.07, 6.45) is 0. The molecule has 0 spiro atoms. The molecule has 2 aromatic rings. The fourth-order valence-corrected chi connectivity index (χ4v) is 1.59. The Labute approximate surface area is 116 Å². The average Bonchev–Trinajstić information content (AvgIpc) is 2.95. The van der Waals surface area contributed by atoms with E-state index in [0.717, 1.165) is 5.56 Å². The number of nitrogens with zero attached hydrogens (tertiary/aromatic N) is 3. The number of H-pyrrole nitrogens is 1. The van der Waals surface area contributed by atoms with Gasteiger partial charge in [0.2, 0.25) is 5.82 Å². The second-order valence-electron chi connectivity index (χ2n) is 4.69. The zero-order valence-corrected chi connectivity index (χ0v) is 11.3. The maximum absolute atomic E-state index is 11.9. The van der Waals surface area contributed by atoms with E-state index in [-0.39, 0.29) is 17.6 Å². The van der Waals surface area contributed by atoms with Gasteiger partial charge in [-0.05, 0) is 17.7 Å². The second kappa shape index (κ2) is 5.97. The zero-order valence-electron chi connectivity index (χ0n) is 11.3. The summed E-state index contributed by atoms with van der Waals surface area (Å²) < 4.78 is 0. The van der Waals surface area contributed by atoms with Crippen LogP contribution in [0.3, 0.4) is 0 Å². The molecule has 1 amide bonds. The van der Waals surface area contributed by atoms with Crippen LogP contribution < -0.4 is 5.32 Å². The van der Waals surface area contributed by atoms with E-state index in [1.54, 1.807) is 24.3 Å². The Balaban J connectivity index is 1.95. The van der Waals surface area contributed by atoms with Crippen LogP contribution in [0.4, 0.5) is 0 Å². The third kappa shape index (κ3) is 3.20. The molecule has 0 unspecified atom stereocenters. The Kier molecular flexibility index (Phi) is 4.11. The van der Waals surface area contributed by atoms with Crippen molar-refractivity contribution in [3.05, 3.63) is 47.0 Å². The average molecular weight is 269 g/mol. The summed E-state index contributed by atoms with van der Waals surface area (Å²) in [6.45, 7) is 4.31. The summed E-state index contributed by atoms with van der Waals surface area (Å²) in [5.41, 5.74) is 1.51. The van der Waals surface area contributed by atoms with Gasteiger partial charge < -0.3 is 5.32 Å². The van der Waals surface area contributed by atoms with E-state index in [4.69, 9.17) is 5.26 Å². The third-order valence-electron chi connectivity index (χ3n) is 2.79. The molecule has 6 nitrogen and oxygen atoms in total. The van der Waals surface area contributed by atoms with E-state index in [0.29, 0.717) is 17.9 Å². The summed E-state index contributed by atoms with van der Waals surface area (Å²) in [5, 5.41) is 18.1. The van der Waals surface area contributed by atoms with Crippen LogP contribution in [0.1, 0.15) is 47.3 Å². The first kappa shape index (κ1) is 13.7. The summed E-state index contributed by atoms with van der Waals surface area (Å²) in [7, 11) is 0. The number of nitrogens with one attached hydrogen (secondary N) is 2. The summed E-state index contributed by atoms with van der Waals surface area (Å²) in [6, 6.07) is 9.08. The normalized spacial score (nSPS) is 10.3. The number of rotatable bonds is 4. The van der Waals surface area contributed by atoms with Crippen LogP contribution in [-0.4, -0.2) is 21.1 Å². The fraction of sp³-hybridized carbons (Fsp3) is 0.286. The molecule has 1 aromatic heterocycles. The van der Waals surface area contributed by atoms with E-state index in [1.165, 1.54) is 0 Å². The number of aromatic amines is 1. The fourth-order valence-electron chi connectivity index (χ4n) is 1.59. The number of benzene rings is 1. The van der Waals surface area contributed by atoms with Crippen LogP contribution in [0.2, 0.25) is 0 Å². The van der Waals surface area contributed by atoms with Crippen molar-refractivity contribution in [2.45, 2.75) is 26.3 Å². The minimum Gasteiger partial charge on any atom is -0.345 e. The molecule has 2 rings (SSSR count). The lowest BCUT2D eigenvalue weighted by molar-refractivity contribution is 0.0941. The van der Waals surface area contributed by atoms with Crippen LogP contribution in [-0.2, 0) is 6.54 Å². The maximum Gasteiger partial charge on any atom is 0.291 e. The molecular weight excluding hydrogens is 254 g/mol. The Bertz CT molecular complexity index is 636. The number of nitriles is 1. The zero-order chi connectivity index (χ0) is 14.5. The van der Waals surface area contributed by atoms with Gasteiger partial charge in [-0.2, -0.15) is 5.26 Å². The molecule has 0 aliphatic carbocycles. The number of carbonyl (C=O) groups is 1. The lowest BCUT2D eigenvalue weighted by Crippen LogP contribution is -2.24. The van der Waals surface area contributed by atoms with Gasteiger partial charge in [-0.3, -0.25) is 9.89 Å². The van der Waals surface area contributed by atoms with Gasteiger partial charge in [0, 0.05) is 12.5 Å². The molecule has 0 fully saturated rings. The first-order valence-electron chi connectivity index (χ1n) is 6.29. The number of amides is 1. The van der Waals surface area contributed by atoms with Gasteiger partial charge in [-0.1, -0.05) is 26.0 Å². The lowest BCUT2D eigenvalue weighted by Gasteiger charge is -2.02. The Morgan fingerprint density at radius 1 is 1.40 bits per heavy atom. The predicted molar refractivity (Wildman–Crippen MR) is 72.8 cm³/mol. The van der Waals surface area contributed by atoms with E-state index < -0.39 is 0 Å². The van der Waals surface area contributed by atoms with Gasteiger partial charge in [0.25, 0.3) is 5.91 Å². The van der Waals surface area contributed by atoms with E-state index in [9.17, 15) is 4.79 Å². The highest BCUT2D eigenvalue weighted by molar-refractivity contribution is 5.90. The van der Waals surface area contributed by atoms with Gasteiger partial charge in [-0.15, -0.1) is 5.10 Å². The third-order valence-corrected chi connectivity index (χ3v) is 2.79. The lowest BCUT2D eigenvalue weighted by atomic mass is 10.1. The maximum atomic E-state index is 11.9. The van der Waals surface area contributed by atoms with Crippen LogP contribution >= 0.6 is 0 Å². The highest BCUT2D eigenvalue weighted by Gasteiger charge is 2.13. The SMILES string of the molecule is CC(C)c1nc(C(=O)NCc2ccc(C#N)cc2)n[nH]1. The van der Waals surface area contributed by atoms with E-state index in [2.05, 4.69) is 20.5 Å². The number of hydrogen-bond acceptors (Lipinski definition) is 4. The smallest absolute Gasteiger partial charge is 0.291 e. The van der Waals surface area contributed by atoms with Crippen LogP contribution in [0.15, 0.2) is 24.3 Å². The second-order valence-corrected chi connectivity index (χ2v) is 4.69. The predicted octanol–water partition coefficient (Wildman–Crippen LogP) is 1.73. The topological polar surface area (TPSA) is 94.5 Å². The molecule has 1 heterocycles. The first-order chi connectivity index (χ1) is 9.60. The van der Waals surface area contributed by atoms with Crippen LogP contribution in [0, 0.1) is 11.3 Å². The van der Waals surface area contributed by atoms with Gasteiger partial charge in [0.05, 0.1) is 11.6 Å². The first-order valence-corrected chi connectivity index (χ1v) is 6.29. The summed E-state index contributed by atoms with van der Waals surface area (Å²) in [4.78, 5) is 16.0. The van der Waals surface area contributed by atoms with Crippen molar-refractivity contribution < 1.29 is 4.79 Å². The minimum atomic E-state index is -0.322. The quantitative estimate of drug-likeness (QED) is 0.883. The van der Waals surface area contributed by atoms with Crippen molar-refractivity contribution in [1.29, 1.82) is 5.26 Å². The molecule has 20 heavy (non-hydrogen) atoms. The van der Waals surface area contributed by atoms with E-state index in [1.807, 2.05) is 19.9 Å². The van der Waals surface area contributed by atoms with Crippen molar-refractivity contribution >= 4 is 5.91 Å². The van der Waals surface area contributed by atoms with Gasteiger partial charge >= 0.3 is 0 Å². The van der Waals surface area contributed by atoms with Gasteiger partial charge in [-0.25, -0.2) is 4.98 Å².